The average Bonchev–Trinajstić information content (AvgIpc) is 2.82. The lowest BCUT2D eigenvalue weighted by Crippen LogP contribution is -2.42. The number of carbonyl (C=O) groups excluding carboxylic acids is 1. The fourth-order valence-electron chi connectivity index (χ4n) is 3.42. The Morgan fingerprint density at radius 3 is 2.49 bits per heavy atom. The number of anilines is 2. The van der Waals surface area contributed by atoms with Crippen molar-refractivity contribution in [1.29, 1.82) is 0 Å². The van der Waals surface area contributed by atoms with Crippen molar-refractivity contribution in [1.82, 2.24) is 9.55 Å². The van der Waals surface area contributed by atoms with Gasteiger partial charge in [-0.15, -0.1) is 0 Å². The fourth-order valence-corrected chi connectivity index (χ4v) is 3.42. The van der Waals surface area contributed by atoms with Crippen molar-refractivity contribution < 1.29 is 22.7 Å². The van der Waals surface area contributed by atoms with Crippen molar-refractivity contribution in [2.24, 2.45) is 0 Å². The predicted molar refractivity (Wildman–Crippen MR) is 125 cm³/mol. The first-order valence-corrected chi connectivity index (χ1v) is 10.9. The second-order valence-electron chi connectivity index (χ2n) is 7.78. The summed E-state index contributed by atoms with van der Waals surface area (Å²) in [6.07, 6.45) is -3.20. The van der Waals surface area contributed by atoms with Gasteiger partial charge in [-0.1, -0.05) is 49.7 Å². The van der Waals surface area contributed by atoms with E-state index >= 15 is 0 Å². The van der Waals surface area contributed by atoms with Gasteiger partial charge in [-0.3, -0.25) is 24.0 Å². The second-order valence-corrected chi connectivity index (χ2v) is 7.78. The zero-order chi connectivity index (χ0) is 25.6. The second kappa shape index (κ2) is 10.9. The van der Waals surface area contributed by atoms with Gasteiger partial charge in [-0.05, 0) is 30.2 Å². The number of carbonyl (C=O) groups is 1. The summed E-state index contributed by atoms with van der Waals surface area (Å²) in [5.74, 6) is -1.08. The molecule has 0 aliphatic carbocycles. The number of halogens is 3. The molecule has 1 amide bonds. The summed E-state index contributed by atoms with van der Waals surface area (Å²) in [5.41, 5.74) is 4.12. The molecule has 0 spiro atoms. The molecular weight excluding hydrogens is 465 g/mol. The third-order valence-electron chi connectivity index (χ3n) is 5.23. The Bertz CT molecular complexity index is 1290. The van der Waals surface area contributed by atoms with Gasteiger partial charge in [0.15, 0.2) is 12.3 Å². The first-order chi connectivity index (χ1) is 16.6. The minimum absolute atomic E-state index is 0.0785. The standard InChI is InChI=1S/C24H25F3N4O4/c1-2-3-12-30-21(28)20(22(33)29-23(30)34)31(14-16-8-5-4-6-9-16)19(32)15-35-18-11-7-10-17(13-18)24(25,26)27/h4-11,13H,2-3,12,14-15,28H2,1H3,(H,29,33,34). The Labute approximate surface area is 198 Å². The van der Waals surface area contributed by atoms with Crippen molar-refractivity contribution in [3.05, 3.63) is 86.6 Å². The molecule has 0 aliphatic heterocycles. The molecule has 0 unspecified atom stereocenters. The predicted octanol–water partition coefficient (Wildman–Crippen LogP) is 3.55. The normalized spacial score (nSPS) is 11.3. The van der Waals surface area contributed by atoms with Gasteiger partial charge in [-0.25, -0.2) is 4.79 Å². The Hall–Kier alpha value is -4.02. The topological polar surface area (TPSA) is 110 Å². The van der Waals surface area contributed by atoms with E-state index in [9.17, 15) is 27.6 Å². The van der Waals surface area contributed by atoms with Gasteiger partial charge in [0.05, 0.1) is 12.1 Å². The summed E-state index contributed by atoms with van der Waals surface area (Å²) >= 11 is 0. The van der Waals surface area contributed by atoms with Gasteiger partial charge in [0.1, 0.15) is 11.6 Å². The zero-order valence-electron chi connectivity index (χ0n) is 19.0. The van der Waals surface area contributed by atoms with E-state index in [0.717, 1.165) is 29.5 Å². The SMILES string of the molecule is CCCCn1c(N)c(N(Cc2ccccc2)C(=O)COc2cccc(C(F)(F)F)c2)c(=O)[nH]c1=O. The van der Waals surface area contributed by atoms with Crippen molar-refractivity contribution >= 4 is 17.4 Å². The van der Waals surface area contributed by atoms with Crippen molar-refractivity contribution in [3.8, 4) is 5.75 Å². The van der Waals surface area contributed by atoms with Crippen LogP contribution < -0.4 is 26.6 Å². The minimum Gasteiger partial charge on any atom is -0.484 e. The van der Waals surface area contributed by atoms with E-state index in [2.05, 4.69) is 4.98 Å². The van der Waals surface area contributed by atoms with Crippen LogP contribution in [0.25, 0.3) is 0 Å². The molecule has 0 radical (unpaired) electrons. The largest absolute Gasteiger partial charge is 0.484 e. The number of alkyl halides is 3. The van der Waals surface area contributed by atoms with Gasteiger partial charge < -0.3 is 10.5 Å². The quantitative estimate of drug-likeness (QED) is 0.477. The number of aromatic amines is 1. The van der Waals surface area contributed by atoms with Crippen LogP contribution in [0.5, 0.6) is 5.75 Å². The zero-order valence-corrected chi connectivity index (χ0v) is 19.0. The van der Waals surface area contributed by atoms with E-state index in [-0.39, 0.29) is 30.3 Å². The Kier molecular flexibility index (Phi) is 8.00. The van der Waals surface area contributed by atoms with Crippen LogP contribution in [0, 0.1) is 0 Å². The molecule has 35 heavy (non-hydrogen) atoms. The first kappa shape index (κ1) is 25.6. The number of amides is 1. The summed E-state index contributed by atoms with van der Waals surface area (Å²) < 4.78 is 45.5. The molecule has 1 aromatic heterocycles. The van der Waals surface area contributed by atoms with Crippen molar-refractivity contribution in [2.75, 3.05) is 17.2 Å². The number of rotatable bonds is 9. The van der Waals surface area contributed by atoms with E-state index in [1.807, 2.05) is 6.92 Å². The average molecular weight is 490 g/mol. The van der Waals surface area contributed by atoms with E-state index in [1.54, 1.807) is 30.3 Å². The summed E-state index contributed by atoms with van der Waals surface area (Å²) in [6, 6.07) is 12.8. The van der Waals surface area contributed by atoms with Gasteiger partial charge in [-0.2, -0.15) is 13.2 Å². The molecule has 3 rings (SSSR count). The summed E-state index contributed by atoms with van der Waals surface area (Å²) in [5, 5.41) is 0. The molecule has 0 atom stereocenters. The highest BCUT2D eigenvalue weighted by Crippen LogP contribution is 2.31. The number of nitrogens with two attached hydrogens (primary N) is 1. The molecule has 3 N–H and O–H groups in total. The molecular formula is C24H25F3N4O4. The lowest BCUT2D eigenvalue weighted by atomic mass is 10.2. The van der Waals surface area contributed by atoms with Gasteiger partial charge in [0.2, 0.25) is 0 Å². The summed E-state index contributed by atoms with van der Waals surface area (Å²) in [4.78, 5) is 41.5. The third-order valence-corrected chi connectivity index (χ3v) is 5.23. The van der Waals surface area contributed by atoms with E-state index < -0.39 is 35.5 Å². The number of hydrogen-bond donors (Lipinski definition) is 2. The maximum Gasteiger partial charge on any atom is 0.416 e. The maximum atomic E-state index is 13.2. The molecule has 8 nitrogen and oxygen atoms in total. The van der Waals surface area contributed by atoms with E-state index in [0.29, 0.717) is 12.0 Å². The number of nitrogens with one attached hydrogen (secondary N) is 1. The number of nitrogen functional groups attached to an aromatic ring is 1. The summed E-state index contributed by atoms with van der Waals surface area (Å²) in [7, 11) is 0. The lowest BCUT2D eigenvalue weighted by molar-refractivity contribution is -0.137. The maximum absolute atomic E-state index is 13.2. The van der Waals surface area contributed by atoms with Crippen LogP contribution in [0.15, 0.2) is 64.2 Å². The van der Waals surface area contributed by atoms with E-state index in [1.165, 1.54) is 10.6 Å². The van der Waals surface area contributed by atoms with Gasteiger partial charge in [0, 0.05) is 6.54 Å². The van der Waals surface area contributed by atoms with Gasteiger partial charge >= 0.3 is 11.9 Å². The molecule has 2 aromatic carbocycles. The number of unbranched alkanes of at least 4 members (excludes halogenated alkanes) is 1. The van der Waals surface area contributed by atoms with Crippen molar-refractivity contribution in [2.45, 2.75) is 39.0 Å². The van der Waals surface area contributed by atoms with E-state index in [4.69, 9.17) is 10.5 Å². The molecule has 0 saturated carbocycles. The van der Waals surface area contributed by atoms with Crippen LogP contribution in [0.3, 0.4) is 0 Å². The number of hydrogen-bond acceptors (Lipinski definition) is 5. The van der Waals surface area contributed by atoms with Crippen LogP contribution in [0.2, 0.25) is 0 Å². The highest BCUT2D eigenvalue weighted by atomic mass is 19.4. The fraction of sp³-hybridized carbons (Fsp3) is 0.292. The Morgan fingerprint density at radius 2 is 1.83 bits per heavy atom. The first-order valence-electron chi connectivity index (χ1n) is 10.9. The Balaban J connectivity index is 1.96. The number of aromatic nitrogens is 2. The molecule has 0 aliphatic rings. The molecule has 0 saturated heterocycles. The van der Waals surface area contributed by atoms with Crippen molar-refractivity contribution in [3.63, 3.8) is 0 Å². The van der Waals surface area contributed by atoms with Crippen LogP contribution in [0.4, 0.5) is 24.7 Å². The molecule has 3 aromatic rings. The summed E-state index contributed by atoms with van der Waals surface area (Å²) in [6.45, 7) is 1.41. The van der Waals surface area contributed by atoms with Crippen LogP contribution in [0.1, 0.15) is 30.9 Å². The molecule has 11 heteroatoms. The number of ether oxygens (including phenoxy) is 1. The van der Waals surface area contributed by atoms with Gasteiger partial charge in [0.25, 0.3) is 11.5 Å². The molecule has 186 valence electrons. The van der Waals surface area contributed by atoms with Crippen LogP contribution in [-0.2, 0) is 24.1 Å². The third kappa shape index (κ3) is 6.31. The number of nitrogens with zero attached hydrogens (tertiary/aromatic N) is 2. The lowest BCUT2D eigenvalue weighted by Gasteiger charge is -2.25. The monoisotopic (exact) mass is 490 g/mol. The van der Waals surface area contributed by atoms with Crippen LogP contribution >= 0.6 is 0 Å². The molecule has 1 heterocycles. The minimum atomic E-state index is -4.57. The Morgan fingerprint density at radius 1 is 1.11 bits per heavy atom. The molecule has 0 fully saturated rings. The molecule has 0 bridgehead atoms. The van der Waals surface area contributed by atoms with Crippen LogP contribution in [-0.4, -0.2) is 22.1 Å². The highest BCUT2D eigenvalue weighted by molar-refractivity contribution is 5.96. The smallest absolute Gasteiger partial charge is 0.416 e. The number of H-pyrrole nitrogens is 1. The highest BCUT2D eigenvalue weighted by Gasteiger charge is 2.31. The number of benzene rings is 2.